The molecule has 0 bridgehead atoms. The standard InChI is InChI=1S/C35H35Cl2NO5/c1-24(34(39)23-42-31-19-11-28(12-20-31)35(40)41)43-32-17-5-25(6-18-32)4-3-21-38(2)22-33(26-7-13-29(36)14-8-26)27-9-15-30(37)16-10-27/h5-20,24,33H,3-4,21-23H2,1-2H3,(H,40,41). The van der Waals surface area contributed by atoms with Crippen LogP contribution in [0, 0.1) is 0 Å². The number of rotatable bonds is 15. The third-order valence-electron chi connectivity index (χ3n) is 7.22. The van der Waals surface area contributed by atoms with Gasteiger partial charge in [0.05, 0.1) is 5.56 Å². The summed E-state index contributed by atoms with van der Waals surface area (Å²) in [5.41, 5.74) is 3.77. The molecule has 224 valence electrons. The van der Waals surface area contributed by atoms with Crippen molar-refractivity contribution in [1.82, 2.24) is 4.90 Å². The Bertz CT molecular complexity index is 1430. The van der Waals surface area contributed by atoms with Crippen molar-refractivity contribution >= 4 is 35.0 Å². The molecule has 0 spiro atoms. The van der Waals surface area contributed by atoms with Crippen LogP contribution in [0.3, 0.4) is 0 Å². The van der Waals surface area contributed by atoms with E-state index in [1.54, 1.807) is 6.92 Å². The van der Waals surface area contributed by atoms with E-state index in [4.69, 9.17) is 37.8 Å². The van der Waals surface area contributed by atoms with E-state index < -0.39 is 12.1 Å². The third kappa shape index (κ3) is 9.85. The lowest BCUT2D eigenvalue weighted by atomic mass is 9.91. The number of carboxylic acid groups (broad SMARTS) is 1. The van der Waals surface area contributed by atoms with E-state index in [-0.39, 0.29) is 23.9 Å². The lowest BCUT2D eigenvalue weighted by molar-refractivity contribution is -0.127. The van der Waals surface area contributed by atoms with Crippen LogP contribution in [0.2, 0.25) is 10.0 Å². The topological polar surface area (TPSA) is 76.1 Å². The summed E-state index contributed by atoms with van der Waals surface area (Å²) < 4.78 is 11.3. The van der Waals surface area contributed by atoms with Crippen LogP contribution in [0.25, 0.3) is 0 Å². The summed E-state index contributed by atoms with van der Waals surface area (Å²) in [7, 11) is 2.14. The van der Waals surface area contributed by atoms with E-state index in [9.17, 15) is 9.59 Å². The number of ether oxygens (including phenoxy) is 2. The van der Waals surface area contributed by atoms with Crippen LogP contribution in [0.1, 0.15) is 46.3 Å². The zero-order valence-electron chi connectivity index (χ0n) is 24.2. The average molecular weight is 621 g/mol. The highest BCUT2D eigenvalue weighted by Crippen LogP contribution is 2.28. The van der Waals surface area contributed by atoms with Gasteiger partial charge in [-0.3, -0.25) is 4.79 Å². The molecule has 0 fully saturated rings. The maximum absolute atomic E-state index is 12.5. The van der Waals surface area contributed by atoms with Crippen molar-refractivity contribution in [2.45, 2.75) is 31.8 Å². The minimum Gasteiger partial charge on any atom is -0.486 e. The number of benzene rings is 4. The van der Waals surface area contributed by atoms with Gasteiger partial charge in [-0.1, -0.05) is 59.6 Å². The van der Waals surface area contributed by atoms with Gasteiger partial charge in [0.2, 0.25) is 5.78 Å². The number of Topliss-reactive ketones (excluding diaryl/α,β-unsaturated/α-hetero) is 1. The Morgan fingerprint density at radius 2 is 1.33 bits per heavy atom. The number of hydrogen-bond donors (Lipinski definition) is 1. The molecule has 0 aliphatic heterocycles. The van der Waals surface area contributed by atoms with Crippen molar-refractivity contribution in [3.05, 3.63) is 129 Å². The van der Waals surface area contributed by atoms with Crippen molar-refractivity contribution in [2.24, 2.45) is 0 Å². The van der Waals surface area contributed by atoms with Crippen molar-refractivity contribution < 1.29 is 24.2 Å². The Kier molecular flexibility index (Phi) is 11.6. The molecule has 1 unspecified atom stereocenters. The van der Waals surface area contributed by atoms with Gasteiger partial charge in [0.15, 0.2) is 12.7 Å². The van der Waals surface area contributed by atoms with Crippen LogP contribution in [0.5, 0.6) is 11.5 Å². The first kappa shape index (κ1) is 32.1. The predicted molar refractivity (Wildman–Crippen MR) is 171 cm³/mol. The molecule has 8 heteroatoms. The van der Waals surface area contributed by atoms with E-state index in [1.165, 1.54) is 41.0 Å². The van der Waals surface area contributed by atoms with Gasteiger partial charge in [0.1, 0.15) is 11.5 Å². The average Bonchev–Trinajstić information content (AvgIpc) is 3.00. The second-order valence-corrected chi connectivity index (χ2v) is 11.4. The summed E-state index contributed by atoms with van der Waals surface area (Å²) in [6.45, 7) is 3.31. The van der Waals surface area contributed by atoms with Crippen molar-refractivity contribution in [1.29, 1.82) is 0 Å². The Morgan fingerprint density at radius 1 is 0.791 bits per heavy atom. The summed E-state index contributed by atoms with van der Waals surface area (Å²) >= 11 is 12.3. The normalized spacial score (nSPS) is 11.9. The van der Waals surface area contributed by atoms with Gasteiger partial charge in [-0.15, -0.1) is 0 Å². The van der Waals surface area contributed by atoms with Crippen LogP contribution in [-0.4, -0.2) is 54.6 Å². The zero-order valence-corrected chi connectivity index (χ0v) is 25.7. The smallest absolute Gasteiger partial charge is 0.335 e. The monoisotopic (exact) mass is 619 g/mol. The molecule has 0 radical (unpaired) electrons. The van der Waals surface area contributed by atoms with Crippen LogP contribution in [0.15, 0.2) is 97.1 Å². The molecule has 0 aliphatic carbocycles. The molecular weight excluding hydrogens is 585 g/mol. The Morgan fingerprint density at radius 3 is 1.86 bits per heavy atom. The van der Waals surface area contributed by atoms with E-state index in [0.29, 0.717) is 11.5 Å². The molecule has 4 aromatic rings. The fourth-order valence-corrected chi connectivity index (χ4v) is 4.97. The highest BCUT2D eigenvalue weighted by Gasteiger charge is 2.18. The largest absolute Gasteiger partial charge is 0.486 e. The predicted octanol–water partition coefficient (Wildman–Crippen LogP) is 7.80. The number of nitrogens with zero attached hydrogens (tertiary/aromatic N) is 1. The zero-order chi connectivity index (χ0) is 30.8. The van der Waals surface area contributed by atoms with E-state index in [2.05, 4.69) is 36.2 Å². The quantitative estimate of drug-likeness (QED) is 0.146. The molecule has 1 N–H and O–H groups in total. The molecule has 0 saturated carbocycles. The second kappa shape index (κ2) is 15.6. The molecule has 1 atom stereocenters. The number of hydrogen-bond acceptors (Lipinski definition) is 5. The first-order valence-electron chi connectivity index (χ1n) is 14.1. The maximum atomic E-state index is 12.5. The Hall–Kier alpha value is -3.84. The SMILES string of the molecule is CC(Oc1ccc(CCCN(C)CC(c2ccc(Cl)cc2)c2ccc(Cl)cc2)cc1)C(=O)COc1ccc(C(=O)O)cc1. The number of likely N-dealkylation sites (N-methyl/N-ethyl adjacent to an activating group) is 1. The van der Waals surface area contributed by atoms with Crippen molar-refractivity contribution in [2.75, 3.05) is 26.7 Å². The minimum atomic E-state index is -1.02. The van der Waals surface area contributed by atoms with Crippen molar-refractivity contribution in [3.63, 3.8) is 0 Å². The first-order valence-corrected chi connectivity index (χ1v) is 14.9. The van der Waals surface area contributed by atoms with Crippen LogP contribution < -0.4 is 9.47 Å². The van der Waals surface area contributed by atoms with Gasteiger partial charge < -0.3 is 19.5 Å². The van der Waals surface area contributed by atoms with E-state index in [1.807, 2.05) is 48.5 Å². The maximum Gasteiger partial charge on any atom is 0.335 e. The van der Waals surface area contributed by atoms with Crippen molar-refractivity contribution in [3.8, 4) is 11.5 Å². The van der Waals surface area contributed by atoms with Crippen LogP contribution >= 0.6 is 23.2 Å². The van der Waals surface area contributed by atoms with E-state index >= 15 is 0 Å². The highest BCUT2D eigenvalue weighted by molar-refractivity contribution is 6.30. The van der Waals surface area contributed by atoms with Gasteiger partial charge in [-0.05, 0) is 111 Å². The molecule has 0 heterocycles. The lowest BCUT2D eigenvalue weighted by Crippen LogP contribution is -2.28. The number of aromatic carboxylic acids is 1. The van der Waals surface area contributed by atoms with E-state index in [0.717, 1.165) is 36.0 Å². The van der Waals surface area contributed by atoms with Gasteiger partial charge in [-0.2, -0.15) is 0 Å². The summed E-state index contributed by atoms with van der Waals surface area (Å²) in [5.74, 6) is -0.00239. The molecule has 43 heavy (non-hydrogen) atoms. The van der Waals surface area contributed by atoms with Crippen LogP contribution in [0.4, 0.5) is 0 Å². The van der Waals surface area contributed by atoms with Gasteiger partial charge in [-0.25, -0.2) is 4.79 Å². The molecule has 4 rings (SSSR count). The Labute approximate surface area is 262 Å². The van der Waals surface area contributed by atoms with Gasteiger partial charge in [0.25, 0.3) is 0 Å². The van der Waals surface area contributed by atoms with Crippen LogP contribution in [-0.2, 0) is 11.2 Å². The molecule has 0 amide bonds. The number of carbonyl (C=O) groups is 2. The molecule has 0 aliphatic rings. The number of halogens is 2. The minimum absolute atomic E-state index is 0.155. The Balaban J connectivity index is 1.23. The number of carbonyl (C=O) groups excluding carboxylic acids is 1. The summed E-state index contributed by atoms with van der Waals surface area (Å²) in [6, 6.07) is 29.8. The third-order valence-corrected chi connectivity index (χ3v) is 7.72. The number of ketones is 1. The second-order valence-electron chi connectivity index (χ2n) is 10.5. The molecule has 0 saturated heterocycles. The summed E-state index contributed by atoms with van der Waals surface area (Å²) in [4.78, 5) is 25.8. The fourth-order valence-electron chi connectivity index (χ4n) is 4.72. The summed E-state index contributed by atoms with van der Waals surface area (Å²) in [5, 5.41) is 10.4. The molecule has 6 nitrogen and oxygen atoms in total. The molecule has 4 aromatic carbocycles. The first-order chi connectivity index (χ1) is 20.7. The fraction of sp³-hybridized carbons (Fsp3) is 0.257. The van der Waals surface area contributed by atoms with Gasteiger partial charge >= 0.3 is 5.97 Å². The lowest BCUT2D eigenvalue weighted by Gasteiger charge is -2.25. The molecule has 0 aromatic heterocycles. The number of carboxylic acids is 1. The number of aryl methyl sites for hydroxylation is 1. The molecular formula is C35H35Cl2NO5. The highest BCUT2D eigenvalue weighted by atomic mass is 35.5. The summed E-state index contributed by atoms with van der Waals surface area (Å²) in [6.07, 6.45) is 1.22. The van der Waals surface area contributed by atoms with Gasteiger partial charge in [0, 0.05) is 22.5 Å².